The van der Waals surface area contributed by atoms with E-state index in [-0.39, 0.29) is 0 Å². The normalized spacial score (nSPS) is 29.9. The number of anilines is 1. The molecule has 0 radical (unpaired) electrons. The van der Waals surface area contributed by atoms with Crippen LogP contribution in [0.2, 0.25) is 5.02 Å². The summed E-state index contributed by atoms with van der Waals surface area (Å²) in [5, 5.41) is 4.35. The molecule has 1 saturated carbocycles. The molecule has 3 rings (SSSR count). The minimum Gasteiger partial charge on any atom is -0.380 e. The van der Waals surface area contributed by atoms with Gasteiger partial charge in [-0.25, -0.2) is 0 Å². The maximum atomic E-state index is 6.00. The van der Waals surface area contributed by atoms with Crippen LogP contribution in [0.15, 0.2) is 33.2 Å². The molecule has 0 spiro atoms. The minimum atomic E-state index is 0.563. The van der Waals surface area contributed by atoms with Gasteiger partial charge in [0.15, 0.2) is 0 Å². The van der Waals surface area contributed by atoms with Gasteiger partial charge in [-0.05, 0) is 62.8 Å². The summed E-state index contributed by atoms with van der Waals surface area (Å²) in [6.07, 6.45) is 7.18. The number of allylic oxidation sites excluding steroid dienone is 1. The van der Waals surface area contributed by atoms with Crippen molar-refractivity contribution in [2.24, 2.45) is 11.8 Å². The van der Waals surface area contributed by atoms with Crippen LogP contribution in [0.5, 0.6) is 0 Å². The van der Waals surface area contributed by atoms with Crippen molar-refractivity contribution in [3.05, 3.63) is 38.3 Å². The Morgan fingerprint density at radius 3 is 2.59 bits per heavy atom. The first-order valence-electron chi connectivity index (χ1n) is 5.73. The second kappa shape index (κ2) is 4.60. The van der Waals surface area contributed by atoms with Crippen molar-refractivity contribution in [2.75, 3.05) is 5.32 Å². The van der Waals surface area contributed by atoms with Gasteiger partial charge in [0.25, 0.3) is 0 Å². The molecule has 2 aliphatic carbocycles. The molecule has 1 nitrogen and oxygen atoms in total. The molecule has 1 aromatic rings. The molecule has 0 heterocycles. The fraction of sp³-hybridized carbons (Fsp3) is 0.385. The zero-order valence-corrected chi connectivity index (χ0v) is 13.0. The minimum absolute atomic E-state index is 0.563. The number of benzene rings is 1. The van der Waals surface area contributed by atoms with E-state index in [1.807, 2.05) is 12.1 Å². The molecular formula is C13H12Br2ClN. The Labute approximate surface area is 123 Å². The summed E-state index contributed by atoms with van der Waals surface area (Å²) >= 11 is 13.1. The Bertz CT molecular complexity index is 463. The molecule has 1 fully saturated rings. The van der Waals surface area contributed by atoms with Crippen molar-refractivity contribution >= 4 is 49.1 Å². The largest absolute Gasteiger partial charge is 0.380 e. The summed E-state index contributed by atoms with van der Waals surface area (Å²) in [5.74, 6) is 1.59. The number of hydrogen-bond acceptors (Lipinski definition) is 1. The second-order valence-corrected chi connectivity index (χ2v) is 6.88. The van der Waals surface area contributed by atoms with Crippen molar-refractivity contribution in [1.29, 1.82) is 0 Å². The molecule has 3 unspecified atom stereocenters. The highest BCUT2D eigenvalue weighted by Gasteiger charge is 2.41. The highest BCUT2D eigenvalue weighted by Crippen LogP contribution is 2.45. The molecule has 1 aromatic carbocycles. The molecule has 0 amide bonds. The van der Waals surface area contributed by atoms with Crippen LogP contribution >= 0.6 is 43.5 Å². The van der Waals surface area contributed by atoms with Crippen LogP contribution in [-0.4, -0.2) is 6.04 Å². The zero-order valence-electron chi connectivity index (χ0n) is 9.09. The Morgan fingerprint density at radius 1 is 1.24 bits per heavy atom. The van der Waals surface area contributed by atoms with E-state index >= 15 is 0 Å². The standard InChI is InChI=1S/C13H12Br2ClN/c14-10-5-8(16)6-11(15)13(10)17-12-4-7-2-1-3-9(7)12/h1,3,5-7,9,12,17H,2,4H2. The first-order chi connectivity index (χ1) is 8.15. The van der Waals surface area contributed by atoms with Crippen LogP contribution in [-0.2, 0) is 0 Å². The summed E-state index contributed by atoms with van der Waals surface area (Å²) < 4.78 is 2.03. The maximum Gasteiger partial charge on any atom is 0.0632 e. The highest BCUT2D eigenvalue weighted by atomic mass is 79.9. The molecule has 0 aliphatic heterocycles. The fourth-order valence-corrected chi connectivity index (χ4v) is 4.65. The molecule has 3 atom stereocenters. The lowest BCUT2D eigenvalue weighted by Crippen LogP contribution is -2.43. The monoisotopic (exact) mass is 375 g/mol. The van der Waals surface area contributed by atoms with Gasteiger partial charge in [0.2, 0.25) is 0 Å². The molecule has 0 saturated heterocycles. The van der Waals surface area contributed by atoms with Crippen molar-refractivity contribution in [3.8, 4) is 0 Å². The van der Waals surface area contributed by atoms with E-state index in [1.54, 1.807) is 0 Å². The lowest BCUT2D eigenvalue weighted by Gasteiger charge is -2.41. The molecule has 1 N–H and O–H groups in total. The predicted octanol–water partition coefficient (Wildman–Crippen LogP) is 5.24. The van der Waals surface area contributed by atoms with E-state index in [2.05, 4.69) is 49.3 Å². The van der Waals surface area contributed by atoms with E-state index in [0.717, 1.165) is 25.6 Å². The van der Waals surface area contributed by atoms with Gasteiger partial charge < -0.3 is 5.32 Å². The van der Waals surface area contributed by atoms with Crippen LogP contribution in [0, 0.1) is 11.8 Å². The van der Waals surface area contributed by atoms with Gasteiger partial charge in [0.1, 0.15) is 0 Å². The lowest BCUT2D eigenvalue weighted by molar-refractivity contribution is 0.218. The average Bonchev–Trinajstić information content (AvgIpc) is 2.58. The van der Waals surface area contributed by atoms with Gasteiger partial charge in [0.05, 0.1) is 5.69 Å². The predicted molar refractivity (Wildman–Crippen MR) is 79.6 cm³/mol. The molecule has 17 heavy (non-hydrogen) atoms. The van der Waals surface area contributed by atoms with E-state index in [9.17, 15) is 0 Å². The number of fused-ring (bicyclic) bond motifs is 1. The smallest absolute Gasteiger partial charge is 0.0632 e. The van der Waals surface area contributed by atoms with Crippen LogP contribution < -0.4 is 5.32 Å². The maximum absolute atomic E-state index is 6.00. The van der Waals surface area contributed by atoms with E-state index in [1.165, 1.54) is 12.8 Å². The average molecular weight is 378 g/mol. The van der Waals surface area contributed by atoms with Crippen molar-refractivity contribution in [3.63, 3.8) is 0 Å². The molecule has 90 valence electrons. The first kappa shape index (κ1) is 12.1. The van der Waals surface area contributed by atoms with E-state index in [4.69, 9.17) is 11.6 Å². The summed E-state index contributed by atoms with van der Waals surface area (Å²) in [6.45, 7) is 0. The fourth-order valence-electron chi connectivity index (χ4n) is 2.75. The third-order valence-electron chi connectivity index (χ3n) is 3.70. The van der Waals surface area contributed by atoms with Gasteiger partial charge in [-0.3, -0.25) is 0 Å². The van der Waals surface area contributed by atoms with Crippen molar-refractivity contribution in [1.82, 2.24) is 0 Å². The van der Waals surface area contributed by atoms with Gasteiger partial charge in [-0.15, -0.1) is 0 Å². The quantitative estimate of drug-likeness (QED) is 0.695. The topological polar surface area (TPSA) is 12.0 Å². The molecule has 0 bridgehead atoms. The van der Waals surface area contributed by atoms with Crippen LogP contribution in [0.4, 0.5) is 5.69 Å². The summed E-state index contributed by atoms with van der Waals surface area (Å²) in [4.78, 5) is 0. The van der Waals surface area contributed by atoms with E-state index < -0.39 is 0 Å². The Hall–Kier alpha value is 0.01000. The van der Waals surface area contributed by atoms with Crippen LogP contribution in [0.3, 0.4) is 0 Å². The third-order valence-corrected chi connectivity index (χ3v) is 5.17. The number of hydrogen-bond donors (Lipinski definition) is 1. The summed E-state index contributed by atoms with van der Waals surface area (Å²) in [7, 11) is 0. The van der Waals surface area contributed by atoms with Gasteiger partial charge in [-0.1, -0.05) is 23.8 Å². The van der Waals surface area contributed by atoms with Crippen LogP contribution in [0.25, 0.3) is 0 Å². The third kappa shape index (κ3) is 2.18. The molecule has 4 heteroatoms. The summed E-state index contributed by atoms with van der Waals surface area (Å²) in [6, 6.07) is 4.41. The number of rotatable bonds is 2. The van der Waals surface area contributed by atoms with Gasteiger partial charge >= 0.3 is 0 Å². The summed E-state index contributed by atoms with van der Waals surface area (Å²) in [5.41, 5.74) is 1.11. The number of nitrogens with one attached hydrogen (secondary N) is 1. The lowest BCUT2D eigenvalue weighted by atomic mass is 9.71. The first-order valence-corrected chi connectivity index (χ1v) is 7.69. The van der Waals surface area contributed by atoms with E-state index in [0.29, 0.717) is 12.0 Å². The SMILES string of the molecule is Clc1cc(Br)c(NC2CC3CC=CC32)c(Br)c1. The van der Waals surface area contributed by atoms with Crippen molar-refractivity contribution in [2.45, 2.75) is 18.9 Å². The number of halogens is 3. The Kier molecular flexibility index (Phi) is 3.26. The zero-order chi connectivity index (χ0) is 12.0. The Morgan fingerprint density at radius 2 is 1.94 bits per heavy atom. The molecular weight excluding hydrogens is 365 g/mol. The van der Waals surface area contributed by atoms with Crippen molar-refractivity contribution < 1.29 is 0 Å². The molecule has 2 aliphatic rings. The highest BCUT2D eigenvalue weighted by molar-refractivity contribution is 9.11. The van der Waals surface area contributed by atoms with Crippen LogP contribution in [0.1, 0.15) is 12.8 Å². The van der Waals surface area contributed by atoms with Gasteiger partial charge in [0, 0.05) is 25.9 Å². The van der Waals surface area contributed by atoms with Gasteiger partial charge in [-0.2, -0.15) is 0 Å². The Balaban J connectivity index is 1.79. The molecule has 0 aromatic heterocycles. The second-order valence-electron chi connectivity index (χ2n) is 4.73.